The van der Waals surface area contributed by atoms with Gasteiger partial charge in [-0.25, -0.2) is 23.1 Å². The maximum Gasteiger partial charge on any atom is 0.573 e. The molecule has 1 aliphatic carbocycles. The number of halogens is 3. The molecule has 5 aromatic rings. The van der Waals surface area contributed by atoms with Crippen LogP contribution in [0, 0.1) is 0 Å². The Kier molecular flexibility index (Phi) is 9.72. The van der Waals surface area contributed by atoms with Gasteiger partial charge in [-0.3, -0.25) is 4.90 Å². The number of ether oxygens (including phenoxy) is 1. The molecule has 0 radical (unpaired) electrons. The Bertz CT molecular complexity index is 2060. The summed E-state index contributed by atoms with van der Waals surface area (Å²) < 4.78 is 73.6. The van der Waals surface area contributed by atoms with Crippen LogP contribution in [0.25, 0.3) is 22.3 Å². The maximum atomic E-state index is 13.5. The van der Waals surface area contributed by atoms with E-state index in [4.69, 9.17) is 10.8 Å². The third kappa shape index (κ3) is 7.71. The van der Waals surface area contributed by atoms with Gasteiger partial charge in [0.1, 0.15) is 23.6 Å². The lowest BCUT2D eigenvalue weighted by Gasteiger charge is -2.41. The second-order valence-electron chi connectivity index (χ2n) is 13.2. The Morgan fingerprint density at radius 3 is 2.12 bits per heavy atom. The van der Waals surface area contributed by atoms with Crippen molar-refractivity contribution in [2.45, 2.75) is 55.1 Å². The number of nitrogens with two attached hydrogens (primary N) is 1. The van der Waals surface area contributed by atoms with Gasteiger partial charge in [0.15, 0.2) is 5.65 Å². The van der Waals surface area contributed by atoms with Crippen molar-refractivity contribution < 1.29 is 26.3 Å². The van der Waals surface area contributed by atoms with Crippen LogP contribution in [0.3, 0.4) is 0 Å². The van der Waals surface area contributed by atoms with Crippen molar-refractivity contribution in [1.82, 2.24) is 34.3 Å². The molecule has 3 heterocycles. The Morgan fingerprint density at radius 2 is 1.47 bits per heavy atom. The van der Waals surface area contributed by atoms with Crippen molar-refractivity contribution in [2.24, 2.45) is 0 Å². The summed E-state index contributed by atoms with van der Waals surface area (Å²) in [7, 11) is -2.00. The van der Waals surface area contributed by atoms with E-state index in [1.165, 1.54) is 6.33 Å². The lowest BCUT2D eigenvalue weighted by atomic mass is 9.90. The molecule has 2 aliphatic rings. The minimum atomic E-state index is -4.89. The third-order valence-corrected chi connectivity index (χ3v) is 11.3. The molecule has 51 heavy (non-hydrogen) atoms. The van der Waals surface area contributed by atoms with Crippen LogP contribution in [-0.4, -0.2) is 83.6 Å². The van der Waals surface area contributed by atoms with Gasteiger partial charge in [-0.1, -0.05) is 54.6 Å². The molecule has 1 atom stereocenters. The van der Waals surface area contributed by atoms with Crippen LogP contribution in [0.2, 0.25) is 0 Å². The molecule has 0 amide bonds. The number of nitrogen functional groups attached to an aromatic ring is 1. The van der Waals surface area contributed by atoms with E-state index in [0.717, 1.165) is 81.7 Å². The van der Waals surface area contributed by atoms with Crippen molar-refractivity contribution >= 4 is 26.9 Å². The summed E-state index contributed by atoms with van der Waals surface area (Å²) in [6, 6.07) is 20.4. The second kappa shape index (κ2) is 14.2. The van der Waals surface area contributed by atoms with Crippen molar-refractivity contribution in [1.29, 1.82) is 0 Å². The van der Waals surface area contributed by atoms with Crippen LogP contribution in [0.15, 0.2) is 90.1 Å². The molecule has 3 aromatic carbocycles. The lowest BCUT2D eigenvalue weighted by Crippen LogP contribution is -2.49. The van der Waals surface area contributed by atoms with Crippen LogP contribution in [-0.2, 0) is 10.0 Å². The maximum absolute atomic E-state index is 13.5. The summed E-state index contributed by atoms with van der Waals surface area (Å²) in [5.41, 5.74) is 9.84. The minimum Gasteiger partial charge on any atom is -0.406 e. The van der Waals surface area contributed by atoms with E-state index < -0.39 is 28.2 Å². The van der Waals surface area contributed by atoms with E-state index in [0.29, 0.717) is 39.7 Å². The summed E-state index contributed by atoms with van der Waals surface area (Å²) in [4.78, 5) is 13.7. The number of nitrogens with one attached hydrogen (secondary N) is 1. The van der Waals surface area contributed by atoms with Crippen molar-refractivity contribution in [2.75, 3.05) is 39.0 Å². The summed E-state index contributed by atoms with van der Waals surface area (Å²) in [5.74, 6) is -0.186. The van der Waals surface area contributed by atoms with Gasteiger partial charge >= 0.3 is 6.36 Å². The first kappa shape index (κ1) is 34.9. The number of rotatable bonds is 9. The van der Waals surface area contributed by atoms with Gasteiger partial charge in [0.05, 0.1) is 22.4 Å². The topological polar surface area (TPSA) is 132 Å². The molecule has 1 aliphatic heterocycles. The highest BCUT2D eigenvalue weighted by molar-refractivity contribution is 7.89. The molecule has 3 N–H and O–H groups in total. The quantitative estimate of drug-likeness (QED) is 0.195. The first-order valence-electron chi connectivity index (χ1n) is 16.9. The average molecular weight is 721 g/mol. The number of alkyl halides is 3. The molecule has 11 nitrogen and oxygen atoms in total. The molecular formula is C36H39F3N8O3S. The van der Waals surface area contributed by atoms with Gasteiger partial charge in [0.2, 0.25) is 10.0 Å². The van der Waals surface area contributed by atoms with E-state index >= 15 is 0 Å². The summed E-state index contributed by atoms with van der Waals surface area (Å²) in [6.45, 7) is 4.39. The smallest absolute Gasteiger partial charge is 0.406 e. The third-order valence-electron chi connectivity index (χ3n) is 9.88. The number of benzene rings is 3. The number of anilines is 1. The number of likely N-dealkylation sites (N-methyl/N-ethyl adjacent to an activating group) is 1. The highest BCUT2D eigenvalue weighted by Crippen LogP contribution is 2.38. The van der Waals surface area contributed by atoms with Gasteiger partial charge in [-0.15, -0.1) is 13.2 Å². The summed E-state index contributed by atoms with van der Waals surface area (Å²) >= 11 is 0. The zero-order chi connectivity index (χ0) is 35.8. The molecule has 7 rings (SSSR count). The van der Waals surface area contributed by atoms with E-state index in [1.807, 2.05) is 35.0 Å². The fourth-order valence-electron chi connectivity index (χ4n) is 7.16. The lowest BCUT2D eigenvalue weighted by molar-refractivity contribution is -0.274. The molecule has 1 saturated carbocycles. The summed E-state index contributed by atoms with van der Waals surface area (Å²) in [6.07, 6.45) is 0.702. The first-order valence-corrected chi connectivity index (χ1v) is 18.4. The Balaban J connectivity index is 1.15. The minimum absolute atomic E-state index is 0.171. The van der Waals surface area contributed by atoms with Crippen LogP contribution < -0.4 is 15.2 Å². The molecule has 1 saturated heterocycles. The Morgan fingerprint density at radius 1 is 0.843 bits per heavy atom. The molecule has 2 aromatic heterocycles. The van der Waals surface area contributed by atoms with Gasteiger partial charge in [-0.2, -0.15) is 9.82 Å². The van der Waals surface area contributed by atoms with Crippen LogP contribution in [0.4, 0.5) is 19.0 Å². The number of sulfonamides is 1. The number of piperazine rings is 1. The highest BCUT2D eigenvalue weighted by atomic mass is 32.2. The molecule has 0 bridgehead atoms. The SMILES string of the molecule is CN1CCN(C2CCC(n3nc(-c4ccc(C(NS(=O)(=O)c5ccc(OC(F)(F)F)cc5)c5ccccc5)cc4)c4c(N)ncnc43)CC2)CC1. The fraction of sp³-hybridized carbons (Fsp3) is 0.361. The number of nitrogens with zero attached hydrogens (tertiary/aromatic N) is 6. The number of hydrogen-bond donors (Lipinski definition) is 2. The van der Waals surface area contributed by atoms with Gasteiger partial charge in [0.25, 0.3) is 0 Å². The second-order valence-corrected chi connectivity index (χ2v) is 14.9. The summed E-state index contributed by atoms with van der Waals surface area (Å²) in [5, 5.41) is 5.75. The number of fused-ring (bicyclic) bond motifs is 1. The van der Waals surface area contributed by atoms with Gasteiger partial charge < -0.3 is 15.4 Å². The number of aromatic nitrogens is 4. The van der Waals surface area contributed by atoms with Crippen molar-refractivity contribution in [3.8, 4) is 17.0 Å². The molecule has 1 unspecified atom stereocenters. The molecule has 15 heteroatoms. The van der Waals surface area contributed by atoms with Crippen LogP contribution in [0.1, 0.15) is 48.9 Å². The first-order chi connectivity index (χ1) is 24.4. The fourth-order valence-corrected chi connectivity index (χ4v) is 8.37. The predicted molar refractivity (Wildman–Crippen MR) is 187 cm³/mol. The average Bonchev–Trinajstić information content (AvgIpc) is 3.52. The van der Waals surface area contributed by atoms with Gasteiger partial charge in [0, 0.05) is 37.8 Å². The van der Waals surface area contributed by atoms with E-state index in [9.17, 15) is 21.6 Å². The molecule has 0 spiro atoms. The Hall–Kier alpha value is -4.57. The zero-order valence-electron chi connectivity index (χ0n) is 28.0. The molecular weight excluding hydrogens is 682 g/mol. The Labute approximate surface area is 294 Å². The highest BCUT2D eigenvalue weighted by Gasteiger charge is 2.32. The van der Waals surface area contributed by atoms with Crippen molar-refractivity contribution in [3.63, 3.8) is 0 Å². The predicted octanol–water partition coefficient (Wildman–Crippen LogP) is 5.77. The van der Waals surface area contributed by atoms with E-state index in [-0.39, 0.29) is 10.9 Å². The van der Waals surface area contributed by atoms with Gasteiger partial charge in [-0.05, 0) is 68.1 Å². The van der Waals surface area contributed by atoms with E-state index in [1.54, 1.807) is 24.3 Å². The molecule has 268 valence electrons. The zero-order valence-corrected chi connectivity index (χ0v) is 28.8. The van der Waals surface area contributed by atoms with E-state index in [2.05, 4.69) is 36.3 Å². The monoisotopic (exact) mass is 720 g/mol. The normalized spacial score (nSPS) is 20.0. The molecule has 2 fully saturated rings. The van der Waals surface area contributed by atoms with Crippen LogP contribution in [0.5, 0.6) is 5.75 Å². The standard InChI is InChI=1S/C36H39F3N8O3S/c1-45-19-21-46(22-20-45)27-11-13-28(14-12-27)47-35-31(34(40)41-23-42-35)33(43-47)26-9-7-25(8-10-26)32(24-5-3-2-4-6-24)44-51(48,49)30-17-15-29(16-18-30)50-36(37,38)39/h2-10,15-18,23,27-28,32,44H,11-14,19-22H2,1H3,(H2,40,41,42). The number of hydrogen-bond acceptors (Lipinski definition) is 9. The van der Waals surface area contributed by atoms with Crippen molar-refractivity contribution in [3.05, 3.63) is 96.3 Å². The largest absolute Gasteiger partial charge is 0.573 e. The van der Waals surface area contributed by atoms with Crippen LogP contribution >= 0.6 is 0 Å².